The fourth-order valence-corrected chi connectivity index (χ4v) is 1.29. The van der Waals surface area contributed by atoms with Gasteiger partial charge in [0.15, 0.2) is 5.82 Å². The third-order valence-electron chi connectivity index (χ3n) is 2.53. The van der Waals surface area contributed by atoms with Gasteiger partial charge in [0.1, 0.15) is 0 Å². The molecule has 1 heterocycles. The first-order chi connectivity index (χ1) is 6.95. The fourth-order valence-electron chi connectivity index (χ4n) is 1.29. The second-order valence-electron chi connectivity index (χ2n) is 4.00. The summed E-state index contributed by atoms with van der Waals surface area (Å²) < 4.78 is 1.59. The van der Waals surface area contributed by atoms with Gasteiger partial charge in [-0.15, -0.1) is 5.10 Å². The Labute approximate surface area is 88.3 Å². The molecule has 0 aliphatic rings. The van der Waals surface area contributed by atoms with Gasteiger partial charge in [0, 0.05) is 5.92 Å². The van der Waals surface area contributed by atoms with Crippen molar-refractivity contribution in [2.75, 3.05) is 0 Å². The molecule has 2 unspecified atom stereocenters. The molecule has 0 saturated carbocycles. The van der Waals surface area contributed by atoms with Crippen LogP contribution in [0.3, 0.4) is 0 Å². The van der Waals surface area contributed by atoms with Gasteiger partial charge in [0.05, 0.1) is 12.0 Å². The number of tetrazole rings is 1. The number of carbonyl (C=O) groups is 1. The van der Waals surface area contributed by atoms with Gasteiger partial charge in [-0.3, -0.25) is 4.79 Å². The molecule has 0 aromatic carbocycles. The van der Waals surface area contributed by atoms with Crippen LogP contribution >= 0.6 is 0 Å². The number of rotatable bonds is 4. The highest BCUT2D eigenvalue weighted by atomic mass is 16.4. The molecule has 1 N–H and O–H groups in total. The lowest BCUT2D eigenvalue weighted by Gasteiger charge is -2.18. The highest BCUT2D eigenvalue weighted by Crippen LogP contribution is 2.20. The Morgan fingerprint density at radius 1 is 1.33 bits per heavy atom. The summed E-state index contributed by atoms with van der Waals surface area (Å²) in [5.74, 6) is -0.447. The van der Waals surface area contributed by atoms with Crippen LogP contribution in [0.2, 0.25) is 0 Å². The van der Waals surface area contributed by atoms with E-state index in [0.717, 1.165) is 5.82 Å². The van der Waals surface area contributed by atoms with E-state index < -0.39 is 11.9 Å². The van der Waals surface area contributed by atoms with E-state index in [-0.39, 0.29) is 12.0 Å². The molecule has 1 aromatic rings. The Kier molecular flexibility index (Phi) is 3.39. The fraction of sp³-hybridized carbons (Fsp3) is 0.778. The zero-order chi connectivity index (χ0) is 11.6. The lowest BCUT2D eigenvalue weighted by Crippen LogP contribution is -2.24. The number of hydrogen-bond donors (Lipinski definition) is 1. The van der Waals surface area contributed by atoms with Gasteiger partial charge in [-0.1, -0.05) is 13.8 Å². The summed E-state index contributed by atoms with van der Waals surface area (Å²) in [7, 11) is 0. The molecule has 0 aliphatic heterocycles. The predicted molar refractivity (Wildman–Crippen MR) is 53.4 cm³/mol. The standard InChI is InChI=1S/C9H16N4O2/c1-5(2)8-10-11-12-13(8)7(4)6(3)9(14)15/h5-7H,1-4H3,(H,14,15). The molecule has 0 bridgehead atoms. The van der Waals surface area contributed by atoms with Gasteiger partial charge in [-0.2, -0.15) is 0 Å². The van der Waals surface area contributed by atoms with Crippen LogP contribution in [0.25, 0.3) is 0 Å². The van der Waals surface area contributed by atoms with Crippen LogP contribution in [-0.2, 0) is 4.79 Å². The molecule has 0 aliphatic carbocycles. The molecule has 15 heavy (non-hydrogen) atoms. The Bertz CT molecular complexity index is 348. The summed E-state index contributed by atoms with van der Waals surface area (Å²) >= 11 is 0. The summed E-state index contributed by atoms with van der Waals surface area (Å²) in [4.78, 5) is 10.8. The topological polar surface area (TPSA) is 80.9 Å². The van der Waals surface area contributed by atoms with E-state index >= 15 is 0 Å². The predicted octanol–water partition coefficient (Wildman–Crippen LogP) is 1.08. The molecule has 1 aromatic heterocycles. The molecule has 0 spiro atoms. The first kappa shape index (κ1) is 11.6. The van der Waals surface area contributed by atoms with E-state index in [1.165, 1.54) is 0 Å². The molecule has 6 nitrogen and oxygen atoms in total. The van der Waals surface area contributed by atoms with Crippen molar-refractivity contribution in [2.45, 2.75) is 39.7 Å². The highest BCUT2D eigenvalue weighted by molar-refractivity contribution is 5.70. The first-order valence-electron chi connectivity index (χ1n) is 4.95. The van der Waals surface area contributed by atoms with Crippen LogP contribution in [0.5, 0.6) is 0 Å². The van der Waals surface area contributed by atoms with Gasteiger partial charge in [0.25, 0.3) is 0 Å². The zero-order valence-corrected chi connectivity index (χ0v) is 9.38. The Hall–Kier alpha value is -1.46. The van der Waals surface area contributed by atoms with Crippen molar-refractivity contribution in [3.05, 3.63) is 5.82 Å². The maximum absolute atomic E-state index is 10.8. The van der Waals surface area contributed by atoms with Crippen molar-refractivity contribution >= 4 is 5.97 Å². The van der Waals surface area contributed by atoms with Crippen molar-refractivity contribution in [3.63, 3.8) is 0 Å². The van der Waals surface area contributed by atoms with Crippen LogP contribution in [0.15, 0.2) is 0 Å². The molecule has 0 amide bonds. The third-order valence-corrected chi connectivity index (χ3v) is 2.53. The number of aromatic nitrogens is 4. The second-order valence-corrected chi connectivity index (χ2v) is 4.00. The van der Waals surface area contributed by atoms with Crippen LogP contribution in [-0.4, -0.2) is 31.3 Å². The van der Waals surface area contributed by atoms with Crippen LogP contribution in [0.1, 0.15) is 45.5 Å². The Morgan fingerprint density at radius 2 is 1.93 bits per heavy atom. The quantitative estimate of drug-likeness (QED) is 0.807. The lowest BCUT2D eigenvalue weighted by atomic mass is 10.0. The number of hydrogen-bond acceptors (Lipinski definition) is 4. The number of carboxylic acid groups (broad SMARTS) is 1. The van der Waals surface area contributed by atoms with Crippen molar-refractivity contribution in [2.24, 2.45) is 5.92 Å². The monoisotopic (exact) mass is 212 g/mol. The van der Waals surface area contributed by atoms with E-state index in [2.05, 4.69) is 15.5 Å². The average molecular weight is 212 g/mol. The van der Waals surface area contributed by atoms with E-state index in [9.17, 15) is 4.79 Å². The molecular weight excluding hydrogens is 196 g/mol. The maximum atomic E-state index is 10.8. The minimum absolute atomic E-state index is 0.184. The summed E-state index contributed by atoms with van der Waals surface area (Å²) in [6, 6.07) is -0.241. The highest BCUT2D eigenvalue weighted by Gasteiger charge is 2.25. The summed E-state index contributed by atoms with van der Waals surface area (Å²) in [5.41, 5.74) is 0. The van der Waals surface area contributed by atoms with Gasteiger partial charge in [0.2, 0.25) is 0 Å². The van der Waals surface area contributed by atoms with Gasteiger partial charge in [-0.05, 0) is 24.3 Å². The second kappa shape index (κ2) is 4.37. The van der Waals surface area contributed by atoms with Crippen molar-refractivity contribution in [1.29, 1.82) is 0 Å². The summed E-state index contributed by atoms with van der Waals surface area (Å²) in [6.07, 6.45) is 0. The first-order valence-corrected chi connectivity index (χ1v) is 4.95. The van der Waals surface area contributed by atoms with Crippen LogP contribution in [0, 0.1) is 5.92 Å². The lowest BCUT2D eigenvalue weighted by molar-refractivity contribution is -0.142. The van der Waals surface area contributed by atoms with E-state index in [1.807, 2.05) is 13.8 Å². The van der Waals surface area contributed by atoms with Gasteiger partial charge >= 0.3 is 5.97 Å². The largest absolute Gasteiger partial charge is 0.481 e. The minimum Gasteiger partial charge on any atom is -0.481 e. The Balaban J connectivity index is 2.95. The average Bonchev–Trinajstić information content (AvgIpc) is 2.63. The smallest absolute Gasteiger partial charge is 0.308 e. The summed E-state index contributed by atoms with van der Waals surface area (Å²) in [6.45, 7) is 7.40. The molecule has 0 radical (unpaired) electrons. The van der Waals surface area contributed by atoms with Crippen LogP contribution in [0.4, 0.5) is 0 Å². The number of nitrogens with zero attached hydrogens (tertiary/aromatic N) is 4. The Morgan fingerprint density at radius 3 is 2.40 bits per heavy atom. The van der Waals surface area contributed by atoms with E-state index in [1.54, 1.807) is 18.5 Å². The van der Waals surface area contributed by atoms with Gasteiger partial charge < -0.3 is 5.11 Å². The third kappa shape index (κ3) is 2.31. The van der Waals surface area contributed by atoms with Gasteiger partial charge in [-0.25, -0.2) is 4.68 Å². The van der Waals surface area contributed by atoms with E-state index in [4.69, 9.17) is 5.11 Å². The minimum atomic E-state index is -0.840. The van der Waals surface area contributed by atoms with Crippen molar-refractivity contribution in [1.82, 2.24) is 20.2 Å². The van der Waals surface area contributed by atoms with Crippen LogP contribution < -0.4 is 0 Å². The molecule has 2 atom stereocenters. The SMILES string of the molecule is CC(C)c1nnnn1C(C)C(C)C(=O)O. The number of carboxylic acids is 1. The molecule has 84 valence electrons. The van der Waals surface area contributed by atoms with E-state index in [0.29, 0.717) is 0 Å². The number of aliphatic carboxylic acids is 1. The zero-order valence-electron chi connectivity index (χ0n) is 9.38. The molecule has 0 fully saturated rings. The maximum Gasteiger partial charge on any atom is 0.308 e. The molecule has 6 heteroatoms. The summed E-state index contributed by atoms with van der Waals surface area (Å²) in [5, 5.41) is 20.2. The molecular formula is C9H16N4O2. The normalized spacial score (nSPS) is 15.3. The van der Waals surface area contributed by atoms with Crippen molar-refractivity contribution < 1.29 is 9.90 Å². The van der Waals surface area contributed by atoms with Crippen molar-refractivity contribution in [3.8, 4) is 0 Å². The molecule has 1 rings (SSSR count). The molecule has 0 saturated heterocycles.